The fourth-order valence-electron chi connectivity index (χ4n) is 2.98. The highest BCUT2D eigenvalue weighted by atomic mass is 32.1. The Labute approximate surface area is 161 Å². The number of thiophene rings is 1. The molecule has 7 nitrogen and oxygen atoms in total. The molecular weight excluding hydrogens is 364 g/mol. The SMILES string of the molecule is CCCN(CC(=O)O)C(=O)c1cc(-c2cccs2)nc2c1cnn2C(C)C. The first kappa shape index (κ1) is 19.0. The van der Waals surface area contributed by atoms with Crippen molar-refractivity contribution in [2.45, 2.75) is 33.2 Å². The first-order valence-corrected chi connectivity index (χ1v) is 9.73. The third-order valence-corrected chi connectivity index (χ3v) is 5.06. The number of rotatable bonds is 7. The van der Waals surface area contributed by atoms with Gasteiger partial charge in [-0.3, -0.25) is 9.59 Å². The van der Waals surface area contributed by atoms with Crippen LogP contribution in [0.1, 0.15) is 43.6 Å². The van der Waals surface area contributed by atoms with Crippen LogP contribution in [-0.2, 0) is 4.79 Å². The Morgan fingerprint density at radius 3 is 2.74 bits per heavy atom. The number of carboxylic acids is 1. The van der Waals surface area contributed by atoms with Gasteiger partial charge >= 0.3 is 5.97 Å². The molecule has 0 aliphatic carbocycles. The summed E-state index contributed by atoms with van der Waals surface area (Å²) in [6, 6.07) is 5.71. The van der Waals surface area contributed by atoms with Gasteiger partial charge in [0.25, 0.3) is 5.91 Å². The molecule has 3 aromatic heterocycles. The van der Waals surface area contributed by atoms with Gasteiger partial charge in [0, 0.05) is 12.6 Å². The van der Waals surface area contributed by atoms with Gasteiger partial charge in [-0.1, -0.05) is 13.0 Å². The molecule has 3 aromatic rings. The van der Waals surface area contributed by atoms with Crippen LogP contribution in [0.15, 0.2) is 29.8 Å². The van der Waals surface area contributed by atoms with E-state index >= 15 is 0 Å². The standard InChI is InChI=1S/C19H22N4O3S/c1-4-7-22(11-17(24)25)19(26)13-9-15(16-6-5-8-27-16)21-18-14(13)10-20-23(18)12(2)3/h5-6,8-10,12H,4,7,11H2,1-3H3,(H,24,25). The van der Waals surface area contributed by atoms with Crippen molar-refractivity contribution in [3.8, 4) is 10.6 Å². The molecule has 0 atom stereocenters. The molecule has 3 rings (SSSR count). The lowest BCUT2D eigenvalue weighted by molar-refractivity contribution is -0.137. The van der Waals surface area contributed by atoms with Gasteiger partial charge in [0.2, 0.25) is 0 Å². The summed E-state index contributed by atoms with van der Waals surface area (Å²) >= 11 is 1.54. The van der Waals surface area contributed by atoms with Crippen LogP contribution in [-0.4, -0.2) is 49.7 Å². The van der Waals surface area contributed by atoms with Gasteiger partial charge in [-0.15, -0.1) is 11.3 Å². The maximum Gasteiger partial charge on any atom is 0.323 e. The molecule has 0 saturated heterocycles. The maximum atomic E-state index is 13.2. The Bertz CT molecular complexity index is 963. The first-order valence-electron chi connectivity index (χ1n) is 8.85. The molecule has 27 heavy (non-hydrogen) atoms. The number of aliphatic carboxylic acids is 1. The Balaban J connectivity index is 2.18. The molecule has 0 aromatic carbocycles. The minimum Gasteiger partial charge on any atom is -0.480 e. The van der Waals surface area contributed by atoms with E-state index in [1.807, 2.05) is 38.3 Å². The number of nitrogens with zero attached hydrogens (tertiary/aromatic N) is 4. The number of carboxylic acid groups (broad SMARTS) is 1. The zero-order valence-corrected chi connectivity index (χ0v) is 16.4. The number of aromatic nitrogens is 3. The van der Waals surface area contributed by atoms with E-state index in [4.69, 9.17) is 4.98 Å². The predicted molar refractivity (Wildman–Crippen MR) is 105 cm³/mol. The minimum absolute atomic E-state index is 0.0855. The van der Waals surface area contributed by atoms with Crippen molar-refractivity contribution in [2.24, 2.45) is 0 Å². The lowest BCUT2D eigenvalue weighted by atomic mass is 10.1. The Morgan fingerprint density at radius 1 is 1.37 bits per heavy atom. The second-order valence-corrected chi connectivity index (χ2v) is 7.52. The molecule has 0 aliphatic heterocycles. The van der Waals surface area contributed by atoms with Crippen LogP contribution < -0.4 is 0 Å². The highest BCUT2D eigenvalue weighted by molar-refractivity contribution is 7.13. The number of amides is 1. The van der Waals surface area contributed by atoms with Crippen LogP contribution in [0, 0.1) is 0 Å². The van der Waals surface area contributed by atoms with Gasteiger partial charge in [0.05, 0.1) is 27.7 Å². The lowest BCUT2D eigenvalue weighted by Crippen LogP contribution is -2.36. The minimum atomic E-state index is -1.03. The van der Waals surface area contributed by atoms with Crippen LogP contribution in [0.5, 0.6) is 0 Å². The number of fused-ring (bicyclic) bond motifs is 1. The fourth-order valence-corrected chi connectivity index (χ4v) is 3.67. The third kappa shape index (κ3) is 3.85. The molecule has 142 valence electrons. The zero-order chi connectivity index (χ0) is 19.6. The van der Waals surface area contributed by atoms with Crippen molar-refractivity contribution in [3.63, 3.8) is 0 Å². The molecule has 0 unspecified atom stereocenters. The molecule has 3 heterocycles. The Kier molecular flexibility index (Phi) is 5.55. The Hall–Kier alpha value is -2.74. The fraction of sp³-hybridized carbons (Fsp3) is 0.368. The van der Waals surface area contributed by atoms with E-state index in [2.05, 4.69) is 5.10 Å². The summed E-state index contributed by atoms with van der Waals surface area (Å²) in [4.78, 5) is 31.4. The molecular formula is C19H22N4O3S. The molecule has 0 spiro atoms. The second-order valence-electron chi connectivity index (χ2n) is 6.57. The second kappa shape index (κ2) is 7.87. The zero-order valence-electron chi connectivity index (χ0n) is 15.5. The van der Waals surface area contributed by atoms with Crippen molar-refractivity contribution in [2.75, 3.05) is 13.1 Å². The van der Waals surface area contributed by atoms with Gasteiger partial charge in [-0.05, 0) is 37.8 Å². The molecule has 0 aliphatic rings. The summed E-state index contributed by atoms with van der Waals surface area (Å²) in [5.41, 5.74) is 1.76. The lowest BCUT2D eigenvalue weighted by Gasteiger charge is -2.20. The average Bonchev–Trinajstić information content (AvgIpc) is 3.28. The Morgan fingerprint density at radius 2 is 2.15 bits per heavy atom. The van der Waals surface area contributed by atoms with Crippen molar-refractivity contribution in [1.82, 2.24) is 19.7 Å². The van der Waals surface area contributed by atoms with E-state index in [9.17, 15) is 14.7 Å². The molecule has 0 radical (unpaired) electrons. The van der Waals surface area contributed by atoms with Crippen LogP contribution in [0.2, 0.25) is 0 Å². The van der Waals surface area contributed by atoms with E-state index in [1.54, 1.807) is 16.9 Å². The van der Waals surface area contributed by atoms with Gasteiger partial charge in [-0.2, -0.15) is 5.10 Å². The van der Waals surface area contributed by atoms with Gasteiger partial charge in [0.15, 0.2) is 5.65 Å². The normalized spacial score (nSPS) is 11.3. The van der Waals surface area contributed by atoms with Crippen LogP contribution in [0.4, 0.5) is 0 Å². The molecule has 8 heteroatoms. The number of carbonyl (C=O) groups excluding carboxylic acids is 1. The summed E-state index contributed by atoms with van der Waals surface area (Å²) in [6.07, 6.45) is 2.31. The van der Waals surface area contributed by atoms with Crippen LogP contribution in [0.3, 0.4) is 0 Å². The maximum absolute atomic E-state index is 13.2. The largest absolute Gasteiger partial charge is 0.480 e. The van der Waals surface area contributed by atoms with E-state index in [1.165, 1.54) is 16.2 Å². The topological polar surface area (TPSA) is 88.3 Å². The van der Waals surface area contributed by atoms with E-state index in [0.29, 0.717) is 35.3 Å². The van der Waals surface area contributed by atoms with Crippen molar-refractivity contribution in [3.05, 3.63) is 35.3 Å². The van der Waals surface area contributed by atoms with Crippen molar-refractivity contribution >= 4 is 34.2 Å². The third-order valence-electron chi connectivity index (χ3n) is 4.17. The molecule has 0 fully saturated rings. The summed E-state index contributed by atoms with van der Waals surface area (Å²) in [5, 5.41) is 16.2. The average molecular weight is 386 g/mol. The first-order chi connectivity index (χ1) is 12.9. The van der Waals surface area contributed by atoms with Crippen molar-refractivity contribution < 1.29 is 14.7 Å². The van der Waals surface area contributed by atoms with Crippen LogP contribution in [0.25, 0.3) is 21.6 Å². The highest BCUT2D eigenvalue weighted by Gasteiger charge is 2.23. The van der Waals surface area contributed by atoms with Gasteiger partial charge < -0.3 is 10.0 Å². The van der Waals surface area contributed by atoms with Crippen molar-refractivity contribution in [1.29, 1.82) is 0 Å². The summed E-state index contributed by atoms with van der Waals surface area (Å²) in [7, 11) is 0. The highest BCUT2D eigenvalue weighted by Crippen LogP contribution is 2.29. The molecule has 1 N–H and O–H groups in total. The number of carbonyl (C=O) groups is 2. The number of pyridine rings is 1. The quantitative estimate of drug-likeness (QED) is 0.669. The summed E-state index contributed by atoms with van der Waals surface area (Å²) < 4.78 is 1.78. The smallest absolute Gasteiger partial charge is 0.323 e. The molecule has 1 amide bonds. The summed E-state index contributed by atoms with van der Waals surface area (Å²) in [6.45, 7) is 5.96. The molecule has 0 saturated carbocycles. The molecule has 0 bridgehead atoms. The van der Waals surface area contributed by atoms with Crippen LogP contribution >= 0.6 is 11.3 Å². The summed E-state index contributed by atoms with van der Waals surface area (Å²) in [5.74, 6) is -1.34. The van der Waals surface area contributed by atoms with Gasteiger partial charge in [-0.25, -0.2) is 9.67 Å². The monoisotopic (exact) mass is 386 g/mol. The predicted octanol–water partition coefficient (Wildman–Crippen LogP) is 3.68. The van der Waals surface area contributed by atoms with Gasteiger partial charge in [0.1, 0.15) is 6.54 Å². The van der Waals surface area contributed by atoms with E-state index in [0.717, 1.165) is 4.88 Å². The van der Waals surface area contributed by atoms with E-state index in [-0.39, 0.29) is 18.5 Å². The van der Waals surface area contributed by atoms with E-state index < -0.39 is 5.97 Å². The number of hydrogen-bond acceptors (Lipinski definition) is 5. The number of hydrogen-bond donors (Lipinski definition) is 1.